The quantitative estimate of drug-likeness (QED) is 0.923. The number of rotatable bonds is 3. The zero-order chi connectivity index (χ0) is 18.5. The summed E-state index contributed by atoms with van der Waals surface area (Å²) >= 11 is 0. The van der Waals surface area contributed by atoms with Crippen molar-refractivity contribution in [3.05, 3.63) is 39.3 Å². The van der Waals surface area contributed by atoms with Gasteiger partial charge in [0, 0.05) is 6.04 Å². The molecule has 1 aromatic heterocycles. The van der Waals surface area contributed by atoms with E-state index in [9.17, 15) is 22.8 Å². The molecule has 1 saturated carbocycles. The lowest BCUT2D eigenvalue weighted by Gasteiger charge is -2.20. The van der Waals surface area contributed by atoms with E-state index in [0.29, 0.717) is 0 Å². The van der Waals surface area contributed by atoms with Crippen LogP contribution in [0.4, 0.5) is 13.2 Å². The molecule has 2 aromatic rings. The van der Waals surface area contributed by atoms with Gasteiger partial charge in [0.2, 0.25) is 11.6 Å². The van der Waals surface area contributed by atoms with Crippen molar-refractivity contribution in [1.29, 1.82) is 0 Å². The van der Waals surface area contributed by atoms with Crippen LogP contribution in [-0.2, 0) is 11.0 Å². The summed E-state index contributed by atoms with van der Waals surface area (Å²) in [6, 6.07) is 2.08. The first kappa shape index (κ1) is 17.4. The highest BCUT2D eigenvalue weighted by Crippen LogP contribution is 2.28. The summed E-state index contributed by atoms with van der Waals surface area (Å²) in [6.07, 6.45) is -3.20. The van der Waals surface area contributed by atoms with Crippen molar-refractivity contribution in [3.8, 4) is 0 Å². The number of aryl methyl sites for hydroxylation is 2. The van der Waals surface area contributed by atoms with E-state index < -0.39 is 29.4 Å². The number of hydrogen-bond acceptors (Lipinski definition) is 3. The van der Waals surface area contributed by atoms with Crippen LogP contribution in [0.25, 0.3) is 11.0 Å². The van der Waals surface area contributed by atoms with E-state index >= 15 is 0 Å². The Morgan fingerprint density at radius 2 is 1.88 bits per heavy atom. The average Bonchev–Trinajstić information content (AvgIpc) is 3.31. The van der Waals surface area contributed by atoms with Gasteiger partial charge in [-0.15, -0.1) is 0 Å². The highest BCUT2D eigenvalue weighted by Gasteiger charge is 2.38. The molecule has 0 bridgehead atoms. The second kappa shape index (κ2) is 5.86. The zero-order valence-electron chi connectivity index (χ0n) is 14.1. The Bertz CT molecular complexity index is 914. The predicted molar refractivity (Wildman–Crippen MR) is 86.4 cm³/mol. The van der Waals surface area contributed by atoms with Gasteiger partial charge in [0.15, 0.2) is 0 Å². The van der Waals surface area contributed by atoms with E-state index in [-0.39, 0.29) is 17.1 Å². The predicted octanol–water partition coefficient (Wildman–Crippen LogP) is 2.87. The summed E-state index contributed by atoms with van der Waals surface area (Å²) in [5.41, 5.74) is -0.984. The van der Waals surface area contributed by atoms with Crippen LogP contribution in [0.1, 0.15) is 42.6 Å². The van der Waals surface area contributed by atoms with Gasteiger partial charge in [-0.2, -0.15) is 13.2 Å². The van der Waals surface area contributed by atoms with Crippen molar-refractivity contribution in [2.75, 3.05) is 0 Å². The molecule has 134 valence electrons. The summed E-state index contributed by atoms with van der Waals surface area (Å²) in [5, 5.41) is 2.73. The number of aromatic nitrogens is 2. The number of amides is 1. The maximum absolute atomic E-state index is 13.2. The molecule has 0 aliphatic heterocycles. The first-order valence-electron chi connectivity index (χ1n) is 8.00. The fourth-order valence-corrected chi connectivity index (χ4v) is 2.70. The fourth-order valence-electron chi connectivity index (χ4n) is 2.70. The Hall–Kier alpha value is -2.38. The average molecular weight is 353 g/mol. The number of alkyl halides is 3. The Kier molecular flexibility index (Phi) is 4.09. The van der Waals surface area contributed by atoms with Crippen molar-refractivity contribution in [2.24, 2.45) is 0 Å². The van der Waals surface area contributed by atoms with Crippen LogP contribution in [0.3, 0.4) is 0 Å². The Morgan fingerprint density at radius 3 is 2.44 bits per heavy atom. The molecular formula is C17H18F3N3O2. The summed E-state index contributed by atoms with van der Waals surface area (Å²) in [5.74, 6) is -0.469. The van der Waals surface area contributed by atoms with Gasteiger partial charge in [0.1, 0.15) is 6.04 Å². The van der Waals surface area contributed by atoms with E-state index in [0.717, 1.165) is 28.5 Å². The number of carbonyl (C=O) groups excluding carboxylic acids is 1. The minimum atomic E-state index is -4.89. The summed E-state index contributed by atoms with van der Waals surface area (Å²) in [6.45, 7) is 4.96. The molecule has 0 saturated heterocycles. The smallest absolute Gasteiger partial charge is 0.352 e. The molecule has 1 heterocycles. The van der Waals surface area contributed by atoms with Crippen LogP contribution in [0.2, 0.25) is 0 Å². The number of nitrogens with one attached hydrogen (secondary N) is 1. The minimum absolute atomic E-state index is 0.0427. The molecule has 0 radical (unpaired) electrons. The summed E-state index contributed by atoms with van der Waals surface area (Å²) in [4.78, 5) is 28.3. The zero-order valence-corrected chi connectivity index (χ0v) is 14.1. The van der Waals surface area contributed by atoms with Crippen molar-refractivity contribution < 1.29 is 18.0 Å². The maximum Gasteiger partial charge on any atom is 0.438 e. The monoisotopic (exact) mass is 353 g/mol. The van der Waals surface area contributed by atoms with E-state index in [2.05, 4.69) is 10.3 Å². The largest absolute Gasteiger partial charge is 0.438 e. The van der Waals surface area contributed by atoms with Crippen molar-refractivity contribution in [2.45, 2.75) is 51.9 Å². The topological polar surface area (TPSA) is 64.0 Å². The first-order chi connectivity index (χ1) is 11.6. The molecule has 5 nitrogen and oxygen atoms in total. The van der Waals surface area contributed by atoms with E-state index in [1.807, 2.05) is 0 Å². The SMILES string of the molecule is Cc1cc2nc(C(F)(F)F)c(=O)n([C@@H](C)C(=O)NC3CC3)c2cc1C. The second-order valence-electron chi connectivity index (χ2n) is 6.52. The number of halogens is 3. The van der Waals surface area contributed by atoms with E-state index in [1.54, 1.807) is 19.9 Å². The van der Waals surface area contributed by atoms with Gasteiger partial charge in [0.05, 0.1) is 11.0 Å². The number of fused-ring (bicyclic) bond motifs is 1. The van der Waals surface area contributed by atoms with Crippen molar-refractivity contribution >= 4 is 16.9 Å². The third-order valence-electron chi connectivity index (χ3n) is 4.46. The molecule has 1 aliphatic rings. The highest BCUT2D eigenvalue weighted by atomic mass is 19.4. The fraction of sp³-hybridized carbons (Fsp3) is 0.471. The number of carbonyl (C=O) groups is 1. The van der Waals surface area contributed by atoms with Gasteiger partial charge in [0.25, 0.3) is 5.56 Å². The lowest BCUT2D eigenvalue weighted by molar-refractivity contribution is -0.142. The molecule has 3 rings (SSSR count). The molecule has 25 heavy (non-hydrogen) atoms. The second-order valence-corrected chi connectivity index (χ2v) is 6.52. The molecule has 1 aliphatic carbocycles. The van der Waals surface area contributed by atoms with Crippen LogP contribution in [0.15, 0.2) is 16.9 Å². The number of hydrogen-bond donors (Lipinski definition) is 1. The van der Waals surface area contributed by atoms with Crippen LogP contribution in [0.5, 0.6) is 0 Å². The van der Waals surface area contributed by atoms with Gasteiger partial charge < -0.3 is 5.32 Å². The standard InChI is InChI=1S/C17H18F3N3O2/c1-8-6-12-13(7-9(8)2)23(10(3)15(24)21-11-4-5-11)16(25)14(22-12)17(18,19)20/h6-7,10-11H,4-5H2,1-3H3,(H,21,24)/t10-/m0/s1. The van der Waals surface area contributed by atoms with Gasteiger partial charge >= 0.3 is 6.18 Å². The number of nitrogens with zero attached hydrogens (tertiary/aromatic N) is 2. The minimum Gasteiger partial charge on any atom is -0.352 e. The molecule has 0 unspecified atom stereocenters. The van der Waals surface area contributed by atoms with Crippen LogP contribution in [-0.4, -0.2) is 21.5 Å². The molecule has 8 heteroatoms. The van der Waals surface area contributed by atoms with Gasteiger partial charge in [-0.25, -0.2) is 4.98 Å². The summed E-state index contributed by atoms with van der Waals surface area (Å²) < 4.78 is 40.6. The lowest BCUT2D eigenvalue weighted by Crippen LogP contribution is -2.39. The molecule has 1 amide bonds. The molecular weight excluding hydrogens is 335 g/mol. The van der Waals surface area contributed by atoms with Crippen LogP contribution < -0.4 is 10.9 Å². The molecule has 0 spiro atoms. The molecule has 1 aromatic carbocycles. The van der Waals surface area contributed by atoms with E-state index in [4.69, 9.17) is 0 Å². The number of benzene rings is 1. The summed E-state index contributed by atoms with van der Waals surface area (Å²) in [7, 11) is 0. The Balaban J connectivity index is 2.26. The maximum atomic E-state index is 13.2. The highest BCUT2D eigenvalue weighted by molar-refractivity contribution is 5.84. The molecule has 1 N–H and O–H groups in total. The van der Waals surface area contributed by atoms with Crippen LogP contribution >= 0.6 is 0 Å². The van der Waals surface area contributed by atoms with Gasteiger partial charge in [-0.3, -0.25) is 14.2 Å². The normalized spacial score (nSPS) is 16.1. The van der Waals surface area contributed by atoms with Gasteiger partial charge in [-0.05, 0) is 56.9 Å². The Morgan fingerprint density at radius 1 is 1.28 bits per heavy atom. The van der Waals surface area contributed by atoms with Crippen molar-refractivity contribution in [3.63, 3.8) is 0 Å². The third-order valence-corrected chi connectivity index (χ3v) is 4.46. The lowest BCUT2D eigenvalue weighted by atomic mass is 10.1. The van der Waals surface area contributed by atoms with E-state index in [1.165, 1.54) is 13.0 Å². The molecule has 1 atom stereocenters. The van der Waals surface area contributed by atoms with Gasteiger partial charge in [-0.1, -0.05) is 0 Å². The molecule has 1 fully saturated rings. The third kappa shape index (κ3) is 3.25. The Labute approximate surface area is 141 Å². The first-order valence-corrected chi connectivity index (χ1v) is 8.00. The van der Waals surface area contributed by atoms with Crippen molar-refractivity contribution in [1.82, 2.24) is 14.9 Å². The van der Waals surface area contributed by atoms with Crippen LogP contribution in [0, 0.1) is 13.8 Å².